The van der Waals surface area contributed by atoms with E-state index in [4.69, 9.17) is 10.8 Å². The molecule has 0 aliphatic rings. The first-order chi connectivity index (χ1) is 3.83. The van der Waals surface area contributed by atoms with Crippen LogP contribution in [0.25, 0.3) is 0 Å². The number of hydrogen-bond donors (Lipinski definition) is 3. The van der Waals surface area contributed by atoms with Crippen LogP contribution in [-0.2, 0) is 6.61 Å². The molecular formula is C4H8ClN3O. The molecule has 1 rings (SSSR count). The number of hydrogen-bond acceptors (Lipinski definition) is 3. The van der Waals surface area contributed by atoms with E-state index < -0.39 is 0 Å². The van der Waals surface area contributed by atoms with Crippen LogP contribution in [0.2, 0.25) is 0 Å². The number of aromatic nitrogens is 2. The van der Waals surface area contributed by atoms with Crippen LogP contribution in [0.4, 0.5) is 5.82 Å². The monoisotopic (exact) mass is 149 g/mol. The standard InChI is InChI=1S/C4H7N3O.ClH/c5-4-1-3(2-8)6-7-4;/h1,8H,2H2,(H3,5,6,7);1H. The van der Waals surface area contributed by atoms with Crippen LogP contribution in [0.3, 0.4) is 0 Å². The lowest BCUT2D eigenvalue weighted by molar-refractivity contribution is 0.276. The first-order valence-corrected chi connectivity index (χ1v) is 2.23. The summed E-state index contributed by atoms with van der Waals surface area (Å²) < 4.78 is 0. The predicted octanol–water partition coefficient (Wildman–Crippen LogP) is -0.0940. The molecule has 0 saturated heterocycles. The minimum atomic E-state index is -0.0375. The van der Waals surface area contributed by atoms with E-state index in [1.165, 1.54) is 0 Å². The fourth-order valence-corrected chi connectivity index (χ4v) is 0.460. The van der Waals surface area contributed by atoms with Crippen LogP contribution in [0.1, 0.15) is 5.69 Å². The van der Waals surface area contributed by atoms with Crippen LogP contribution >= 0.6 is 12.4 Å². The maximum atomic E-state index is 8.42. The SMILES string of the molecule is Cl.Nc1cc(CO)[nH]n1. The van der Waals surface area contributed by atoms with Crippen molar-refractivity contribution in [3.05, 3.63) is 11.8 Å². The zero-order valence-electron chi connectivity index (χ0n) is 4.66. The molecule has 1 aromatic heterocycles. The Morgan fingerprint density at radius 1 is 1.78 bits per heavy atom. The number of H-pyrrole nitrogens is 1. The van der Waals surface area contributed by atoms with Crippen molar-refractivity contribution in [2.75, 3.05) is 5.73 Å². The molecule has 0 spiro atoms. The second kappa shape index (κ2) is 3.32. The van der Waals surface area contributed by atoms with Gasteiger partial charge in [0, 0.05) is 6.07 Å². The fraction of sp³-hybridized carbons (Fsp3) is 0.250. The molecule has 1 heterocycles. The molecule has 0 unspecified atom stereocenters. The molecule has 0 atom stereocenters. The van der Waals surface area contributed by atoms with Gasteiger partial charge in [-0.1, -0.05) is 0 Å². The molecule has 0 aliphatic heterocycles. The van der Waals surface area contributed by atoms with Gasteiger partial charge in [0.15, 0.2) is 0 Å². The first-order valence-electron chi connectivity index (χ1n) is 2.23. The smallest absolute Gasteiger partial charge is 0.145 e. The summed E-state index contributed by atoms with van der Waals surface area (Å²) in [5, 5.41) is 14.5. The summed E-state index contributed by atoms with van der Waals surface area (Å²) in [6.07, 6.45) is 0. The highest BCUT2D eigenvalue weighted by Gasteiger charge is 1.91. The summed E-state index contributed by atoms with van der Waals surface area (Å²) in [7, 11) is 0. The lowest BCUT2D eigenvalue weighted by atomic mass is 10.4. The molecule has 0 saturated carbocycles. The molecule has 1 aromatic rings. The molecule has 52 valence electrons. The highest BCUT2D eigenvalue weighted by atomic mass is 35.5. The second-order valence-corrected chi connectivity index (χ2v) is 1.48. The molecule has 0 radical (unpaired) electrons. The van der Waals surface area contributed by atoms with Gasteiger partial charge in [0.05, 0.1) is 12.3 Å². The quantitative estimate of drug-likeness (QED) is 0.522. The average Bonchev–Trinajstić information content (AvgIpc) is 2.14. The second-order valence-electron chi connectivity index (χ2n) is 1.48. The lowest BCUT2D eigenvalue weighted by Crippen LogP contribution is -1.81. The summed E-state index contributed by atoms with van der Waals surface area (Å²) in [6.45, 7) is -0.0375. The minimum Gasteiger partial charge on any atom is -0.390 e. The third kappa shape index (κ3) is 1.91. The van der Waals surface area contributed by atoms with Crippen LogP contribution in [-0.4, -0.2) is 15.3 Å². The molecule has 0 aliphatic carbocycles. The van der Waals surface area contributed by atoms with Crippen LogP contribution < -0.4 is 5.73 Å². The Morgan fingerprint density at radius 3 is 2.67 bits per heavy atom. The Kier molecular flexibility index (Phi) is 3.05. The minimum absolute atomic E-state index is 0. The van der Waals surface area contributed by atoms with Crippen molar-refractivity contribution < 1.29 is 5.11 Å². The zero-order valence-corrected chi connectivity index (χ0v) is 5.48. The van der Waals surface area contributed by atoms with E-state index in [2.05, 4.69) is 10.2 Å². The van der Waals surface area contributed by atoms with E-state index in [9.17, 15) is 0 Å². The first kappa shape index (κ1) is 8.26. The number of aliphatic hydroxyl groups is 1. The Hall–Kier alpha value is -0.740. The average molecular weight is 150 g/mol. The number of nitrogen functional groups attached to an aromatic ring is 1. The topological polar surface area (TPSA) is 74.9 Å². The molecule has 0 aromatic carbocycles. The third-order valence-corrected chi connectivity index (χ3v) is 0.821. The third-order valence-electron chi connectivity index (χ3n) is 0.821. The maximum Gasteiger partial charge on any atom is 0.145 e. The highest BCUT2D eigenvalue weighted by Crippen LogP contribution is 1.97. The van der Waals surface area contributed by atoms with Crippen LogP contribution in [0.15, 0.2) is 6.07 Å². The van der Waals surface area contributed by atoms with Crippen molar-refractivity contribution in [1.29, 1.82) is 0 Å². The van der Waals surface area contributed by atoms with Gasteiger partial charge in [0.2, 0.25) is 0 Å². The van der Waals surface area contributed by atoms with Crippen molar-refractivity contribution >= 4 is 18.2 Å². The number of aliphatic hydroxyl groups excluding tert-OH is 1. The zero-order chi connectivity index (χ0) is 5.98. The van der Waals surface area contributed by atoms with Gasteiger partial charge in [-0.3, -0.25) is 5.10 Å². The normalized spacial score (nSPS) is 8.56. The number of nitrogens with one attached hydrogen (secondary N) is 1. The van der Waals surface area contributed by atoms with Crippen molar-refractivity contribution in [2.24, 2.45) is 0 Å². The molecular weight excluding hydrogens is 142 g/mol. The van der Waals surface area contributed by atoms with Crippen LogP contribution in [0.5, 0.6) is 0 Å². The molecule has 9 heavy (non-hydrogen) atoms. The molecule has 4 nitrogen and oxygen atoms in total. The van der Waals surface area contributed by atoms with Gasteiger partial charge in [-0.25, -0.2) is 0 Å². The number of rotatable bonds is 1. The van der Waals surface area contributed by atoms with E-state index in [0.29, 0.717) is 11.5 Å². The maximum absolute atomic E-state index is 8.42. The van der Waals surface area contributed by atoms with E-state index in [-0.39, 0.29) is 19.0 Å². The van der Waals surface area contributed by atoms with Crippen LogP contribution in [0, 0.1) is 0 Å². The van der Waals surface area contributed by atoms with Crippen molar-refractivity contribution in [3.8, 4) is 0 Å². The number of aromatic amines is 1. The lowest BCUT2D eigenvalue weighted by Gasteiger charge is -1.79. The molecule has 0 amide bonds. The molecule has 5 heteroatoms. The van der Waals surface area contributed by atoms with Gasteiger partial charge in [0.1, 0.15) is 5.82 Å². The van der Waals surface area contributed by atoms with Gasteiger partial charge in [-0.15, -0.1) is 12.4 Å². The number of nitrogens with two attached hydrogens (primary N) is 1. The Bertz CT molecular complexity index is 176. The van der Waals surface area contributed by atoms with E-state index in [0.717, 1.165) is 0 Å². The van der Waals surface area contributed by atoms with Crippen molar-refractivity contribution in [2.45, 2.75) is 6.61 Å². The van der Waals surface area contributed by atoms with E-state index in [1.54, 1.807) is 6.07 Å². The Balaban J connectivity index is 0.000000640. The molecule has 4 N–H and O–H groups in total. The fourth-order valence-electron chi connectivity index (χ4n) is 0.460. The summed E-state index contributed by atoms with van der Waals surface area (Å²) in [6, 6.07) is 1.58. The number of halogens is 1. The summed E-state index contributed by atoms with van der Waals surface area (Å²) >= 11 is 0. The van der Waals surface area contributed by atoms with E-state index in [1.807, 2.05) is 0 Å². The Morgan fingerprint density at radius 2 is 2.44 bits per heavy atom. The molecule has 0 bridgehead atoms. The summed E-state index contributed by atoms with van der Waals surface area (Å²) in [4.78, 5) is 0. The van der Waals surface area contributed by atoms with Crippen molar-refractivity contribution in [3.63, 3.8) is 0 Å². The van der Waals surface area contributed by atoms with Gasteiger partial charge >= 0.3 is 0 Å². The van der Waals surface area contributed by atoms with Crippen molar-refractivity contribution in [1.82, 2.24) is 10.2 Å². The largest absolute Gasteiger partial charge is 0.390 e. The van der Waals surface area contributed by atoms with Gasteiger partial charge in [-0.2, -0.15) is 5.10 Å². The Labute approximate surface area is 58.5 Å². The van der Waals surface area contributed by atoms with Gasteiger partial charge in [0.25, 0.3) is 0 Å². The number of anilines is 1. The predicted molar refractivity (Wildman–Crippen MR) is 36.2 cm³/mol. The summed E-state index contributed by atoms with van der Waals surface area (Å²) in [5.41, 5.74) is 5.84. The van der Waals surface area contributed by atoms with E-state index >= 15 is 0 Å². The summed E-state index contributed by atoms with van der Waals surface area (Å²) in [5.74, 6) is 0.411. The van der Waals surface area contributed by atoms with Gasteiger partial charge in [-0.05, 0) is 0 Å². The molecule has 0 fully saturated rings. The highest BCUT2D eigenvalue weighted by molar-refractivity contribution is 5.85. The van der Waals surface area contributed by atoms with Gasteiger partial charge < -0.3 is 10.8 Å². The number of nitrogens with zero attached hydrogens (tertiary/aromatic N) is 1.